The van der Waals surface area contributed by atoms with E-state index in [4.69, 9.17) is 12.2 Å². The summed E-state index contributed by atoms with van der Waals surface area (Å²) in [6.07, 6.45) is 5.39. The molecular weight excluding hydrogens is 264 g/mol. The van der Waals surface area contributed by atoms with Crippen LogP contribution in [0.5, 0.6) is 0 Å². The fourth-order valence-corrected chi connectivity index (χ4v) is 3.32. The molecule has 3 aromatic heterocycles. The van der Waals surface area contributed by atoms with Crippen molar-refractivity contribution in [2.24, 2.45) is 0 Å². The summed E-state index contributed by atoms with van der Waals surface area (Å²) >= 11 is 7.07. The Hall–Kier alpha value is -1.53. The molecule has 0 aliphatic heterocycles. The molecule has 3 rings (SSSR count). The molecule has 3 aromatic rings. The highest BCUT2D eigenvalue weighted by Crippen LogP contribution is 2.30. The maximum absolute atomic E-state index is 5.43. The van der Waals surface area contributed by atoms with Gasteiger partial charge < -0.3 is 9.55 Å². The Morgan fingerprint density at radius 2 is 2.22 bits per heavy atom. The summed E-state index contributed by atoms with van der Waals surface area (Å²) in [7, 11) is 0. The lowest BCUT2D eigenvalue weighted by Crippen LogP contribution is -2.27. The fraction of sp³-hybridized carbons (Fsp3) is 0.250. The first-order chi connectivity index (χ1) is 8.60. The molecule has 6 heteroatoms. The Bertz CT molecular complexity index is 737. The quantitative estimate of drug-likeness (QED) is 0.730. The molecule has 0 aromatic carbocycles. The van der Waals surface area contributed by atoms with E-state index in [1.807, 2.05) is 17.6 Å². The highest BCUT2D eigenvalue weighted by Gasteiger charge is 2.28. The van der Waals surface area contributed by atoms with Gasteiger partial charge in [0.1, 0.15) is 5.01 Å². The molecule has 92 valence electrons. The number of nitrogens with zero attached hydrogens (tertiary/aromatic N) is 3. The number of nitrogens with one attached hydrogen (secondary N) is 1. The lowest BCUT2D eigenvalue weighted by molar-refractivity contribution is 0.441. The molecule has 1 N–H and O–H groups in total. The van der Waals surface area contributed by atoms with Gasteiger partial charge in [-0.2, -0.15) is 0 Å². The second-order valence-corrected chi connectivity index (χ2v) is 5.84. The van der Waals surface area contributed by atoms with Gasteiger partial charge in [0.25, 0.3) is 0 Å². The van der Waals surface area contributed by atoms with Crippen LogP contribution < -0.4 is 0 Å². The molecule has 18 heavy (non-hydrogen) atoms. The lowest BCUT2D eigenvalue weighted by atomic mass is 10.1. The van der Waals surface area contributed by atoms with E-state index >= 15 is 0 Å². The summed E-state index contributed by atoms with van der Waals surface area (Å²) in [4.78, 5) is 11.7. The molecule has 3 heterocycles. The number of aromatic nitrogens is 4. The van der Waals surface area contributed by atoms with Gasteiger partial charge in [-0.15, -0.1) is 11.3 Å². The second kappa shape index (κ2) is 4.00. The van der Waals surface area contributed by atoms with E-state index < -0.39 is 0 Å². The standard InChI is InChI=1S/C12H12N4S2/c1-12(2,10-14-5-6-18-10)16-9-3-4-13-7-8(9)15-11(16)17/h3-7H,1-2H3,(H,15,17). The number of aromatic amines is 1. The number of imidazole rings is 1. The summed E-state index contributed by atoms with van der Waals surface area (Å²) in [5, 5.41) is 3.02. The molecule has 0 radical (unpaired) electrons. The van der Waals surface area contributed by atoms with Crippen LogP contribution in [0.25, 0.3) is 11.0 Å². The van der Waals surface area contributed by atoms with Crippen molar-refractivity contribution in [1.82, 2.24) is 19.5 Å². The van der Waals surface area contributed by atoms with Crippen LogP contribution in [-0.2, 0) is 5.54 Å². The van der Waals surface area contributed by atoms with Crippen molar-refractivity contribution in [3.8, 4) is 0 Å². The van der Waals surface area contributed by atoms with E-state index in [2.05, 4.69) is 33.4 Å². The average Bonchev–Trinajstić information content (AvgIpc) is 2.94. The summed E-state index contributed by atoms with van der Waals surface area (Å²) < 4.78 is 2.79. The van der Waals surface area contributed by atoms with Crippen molar-refractivity contribution in [2.75, 3.05) is 0 Å². The van der Waals surface area contributed by atoms with Crippen LogP contribution >= 0.6 is 23.6 Å². The first-order valence-electron chi connectivity index (χ1n) is 5.56. The van der Waals surface area contributed by atoms with E-state index in [0.717, 1.165) is 16.0 Å². The summed E-state index contributed by atoms with van der Waals surface area (Å²) in [6, 6.07) is 1.97. The number of fused-ring (bicyclic) bond motifs is 1. The molecule has 0 fully saturated rings. The maximum Gasteiger partial charge on any atom is 0.178 e. The van der Waals surface area contributed by atoms with Gasteiger partial charge in [-0.3, -0.25) is 4.98 Å². The number of pyridine rings is 1. The highest BCUT2D eigenvalue weighted by molar-refractivity contribution is 7.71. The Morgan fingerprint density at radius 3 is 2.94 bits per heavy atom. The normalized spacial score (nSPS) is 12.1. The van der Waals surface area contributed by atoms with Crippen LogP contribution in [0.3, 0.4) is 0 Å². The summed E-state index contributed by atoms with van der Waals surface area (Å²) in [5.74, 6) is 0. The molecular formula is C12H12N4S2. The molecule has 0 spiro atoms. The number of H-pyrrole nitrogens is 1. The molecule has 0 amide bonds. The number of rotatable bonds is 2. The van der Waals surface area contributed by atoms with Crippen molar-refractivity contribution in [3.63, 3.8) is 0 Å². The van der Waals surface area contributed by atoms with E-state index in [9.17, 15) is 0 Å². The van der Waals surface area contributed by atoms with Gasteiger partial charge in [-0.25, -0.2) is 4.98 Å². The maximum atomic E-state index is 5.43. The fourth-order valence-electron chi connectivity index (χ4n) is 2.14. The minimum absolute atomic E-state index is 0.273. The summed E-state index contributed by atoms with van der Waals surface area (Å²) in [5.41, 5.74) is 1.73. The zero-order valence-corrected chi connectivity index (χ0v) is 11.7. The monoisotopic (exact) mass is 276 g/mol. The molecule has 0 aliphatic carbocycles. The number of hydrogen-bond acceptors (Lipinski definition) is 4. The molecule has 0 bridgehead atoms. The molecule has 0 saturated heterocycles. The van der Waals surface area contributed by atoms with Crippen molar-refractivity contribution in [2.45, 2.75) is 19.4 Å². The molecule has 4 nitrogen and oxygen atoms in total. The van der Waals surface area contributed by atoms with E-state index in [-0.39, 0.29) is 5.54 Å². The third-order valence-corrected chi connectivity index (χ3v) is 4.37. The van der Waals surface area contributed by atoms with E-state index in [1.165, 1.54) is 0 Å². The van der Waals surface area contributed by atoms with Gasteiger partial charge >= 0.3 is 0 Å². The second-order valence-electron chi connectivity index (χ2n) is 4.55. The van der Waals surface area contributed by atoms with Gasteiger partial charge in [-0.1, -0.05) is 0 Å². The summed E-state index contributed by atoms with van der Waals surface area (Å²) in [6.45, 7) is 4.24. The van der Waals surface area contributed by atoms with Crippen LogP contribution in [0.1, 0.15) is 18.9 Å². The number of thiazole rings is 1. The smallest absolute Gasteiger partial charge is 0.178 e. The van der Waals surface area contributed by atoms with Gasteiger partial charge in [0.2, 0.25) is 0 Å². The average molecular weight is 276 g/mol. The molecule has 0 atom stereocenters. The third-order valence-electron chi connectivity index (χ3n) is 3.00. The van der Waals surface area contributed by atoms with Crippen LogP contribution in [0.15, 0.2) is 30.0 Å². The molecule has 0 unspecified atom stereocenters. The van der Waals surface area contributed by atoms with Gasteiger partial charge in [0.15, 0.2) is 4.77 Å². The first kappa shape index (κ1) is 11.6. The van der Waals surface area contributed by atoms with Crippen molar-refractivity contribution in [3.05, 3.63) is 39.8 Å². The van der Waals surface area contributed by atoms with E-state index in [1.54, 1.807) is 23.7 Å². The van der Waals surface area contributed by atoms with Crippen molar-refractivity contribution < 1.29 is 0 Å². The zero-order chi connectivity index (χ0) is 12.8. The first-order valence-corrected chi connectivity index (χ1v) is 6.84. The largest absolute Gasteiger partial charge is 0.329 e. The predicted octanol–water partition coefficient (Wildman–Crippen LogP) is 3.33. The van der Waals surface area contributed by atoms with Crippen LogP contribution in [0.4, 0.5) is 0 Å². The van der Waals surface area contributed by atoms with Crippen LogP contribution in [0.2, 0.25) is 0 Å². The Labute approximate surface area is 113 Å². The number of hydrogen-bond donors (Lipinski definition) is 1. The molecule has 0 saturated carbocycles. The van der Waals surface area contributed by atoms with Gasteiger partial charge in [0.05, 0.1) is 22.8 Å². The Morgan fingerprint density at radius 1 is 1.39 bits per heavy atom. The van der Waals surface area contributed by atoms with Crippen molar-refractivity contribution >= 4 is 34.6 Å². The SMILES string of the molecule is CC(C)(c1nccs1)n1c(=S)[nH]c2cnccc21. The van der Waals surface area contributed by atoms with Crippen LogP contribution in [0, 0.1) is 4.77 Å². The zero-order valence-electron chi connectivity index (χ0n) is 10.0. The van der Waals surface area contributed by atoms with Gasteiger partial charge in [-0.05, 0) is 32.1 Å². The minimum atomic E-state index is -0.273. The molecule has 0 aliphatic rings. The minimum Gasteiger partial charge on any atom is -0.329 e. The van der Waals surface area contributed by atoms with Crippen LogP contribution in [-0.4, -0.2) is 19.5 Å². The third kappa shape index (κ3) is 1.60. The predicted molar refractivity (Wildman–Crippen MR) is 75.5 cm³/mol. The Kier molecular flexibility index (Phi) is 2.57. The Balaban J connectivity index is 2.32. The van der Waals surface area contributed by atoms with Crippen molar-refractivity contribution in [1.29, 1.82) is 0 Å². The topological polar surface area (TPSA) is 46.5 Å². The highest BCUT2D eigenvalue weighted by atomic mass is 32.1. The van der Waals surface area contributed by atoms with E-state index in [0.29, 0.717) is 4.77 Å². The lowest BCUT2D eigenvalue weighted by Gasteiger charge is -2.25. The van der Waals surface area contributed by atoms with Gasteiger partial charge in [0, 0.05) is 17.8 Å².